The monoisotopic (exact) mass is 1060 g/mol. The molecule has 19 heteroatoms. The van der Waals surface area contributed by atoms with E-state index in [0.717, 1.165) is 51.4 Å². The predicted molar refractivity (Wildman–Crippen MR) is 277 cm³/mol. The molecule has 3 heterocycles. The van der Waals surface area contributed by atoms with E-state index >= 15 is 0 Å². The first-order chi connectivity index (χ1) is 35.8. The second-order valence-electron chi connectivity index (χ2n) is 20.4. The molecule has 3 fully saturated rings. The number of ether oxygens (including phenoxy) is 6. The number of aliphatic hydroxyl groups excluding tert-OH is 11. The van der Waals surface area contributed by atoms with Crippen LogP contribution in [0.25, 0.3) is 0 Å². The van der Waals surface area contributed by atoms with Crippen molar-refractivity contribution in [1.82, 2.24) is 5.32 Å². The summed E-state index contributed by atoms with van der Waals surface area (Å²) in [6.07, 6.45) is 12.9. The topological polar surface area (TPSA) is 307 Å². The van der Waals surface area contributed by atoms with Crippen LogP contribution in [0.4, 0.5) is 0 Å². The molecule has 3 aliphatic heterocycles. The number of unbranched alkanes of at least 4 members (excludes halogenated alkanes) is 20. The number of aliphatic hydroxyl groups is 11. The molecule has 0 radical (unpaired) electrons. The molecule has 1 amide bonds. The molecule has 3 aliphatic rings. The summed E-state index contributed by atoms with van der Waals surface area (Å²) in [5, 5.41) is 120. The molecule has 19 nitrogen and oxygen atoms in total. The minimum Gasteiger partial charge on any atom is -0.394 e. The maximum atomic E-state index is 13.3. The van der Waals surface area contributed by atoms with Gasteiger partial charge in [0, 0.05) is 6.42 Å². The van der Waals surface area contributed by atoms with Gasteiger partial charge in [-0.15, -0.1) is 0 Å². The van der Waals surface area contributed by atoms with E-state index in [1.54, 1.807) is 6.08 Å². The average Bonchev–Trinajstić information content (AvgIpc) is 3.40. The summed E-state index contributed by atoms with van der Waals surface area (Å²) in [5.74, 6) is -0.293. The van der Waals surface area contributed by atoms with Crippen LogP contribution in [0.3, 0.4) is 0 Å². The van der Waals surface area contributed by atoms with Gasteiger partial charge in [0.05, 0.1) is 38.6 Å². The van der Waals surface area contributed by atoms with Crippen LogP contribution in [0.1, 0.15) is 174 Å². The van der Waals surface area contributed by atoms with Gasteiger partial charge in [-0.05, 0) is 57.8 Å². The lowest BCUT2D eigenvalue weighted by atomic mass is 9.96. The smallest absolute Gasteiger partial charge is 0.220 e. The molecule has 0 aromatic heterocycles. The Morgan fingerprint density at radius 3 is 1.35 bits per heavy atom. The third kappa shape index (κ3) is 23.9. The van der Waals surface area contributed by atoms with E-state index < -0.39 is 124 Å². The van der Waals surface area contributed by atoms with Crippen molar-refractivity contribution >= 4 is 5.91 Å². The summed E-state index contributed by atoms with van der Waals surface area (Å²) in [6, 6.07) is -0.989. The van der Waals surface area contributed by atoms with Crippen LogP contribution in [0, 0.1) is 0 Å². The van der Waals surface area contributed by atoms with Crippen LogP contribution in [0.15, 0.2) is 36.5 Å². The fourth-order valence-corrected chi connectivity index (χ4v) is 9.43. The van der Waals surface area contributed by atoms with Gasteiger partial charge in [0.25, 0.3) is 0 Å². The third-order valence-corrected chi connectivity index (χ3v) is 14.2. The summed E-state index contributed by atoms with van der Waals surface area (Å²) >= 11 is 0. The zero-order chi connectivity index (χ0) is 54.1. The second-order valence-corrected chi connectivity index (χ2v) is 20.4. The number of nitrogens with one attached hydrogen (secondary N) is 1. The van der Waals surface area contributed by atoms with E-state index in [1.165, 1.54) is 89.9 Å². The molecule has 0 bridgehead atoms. The van der Waals surface area contributed by atoms with Crippen molar-refractivity contribution in [3.05, 3.63) is 36.5 Å². The molecule has 0 saturated carbocycles. The molecule has 0 aromatic rings. The molecule has 432 valence electrons. The van der Waals surface area contributed by atoms with Crippen LogP contribution in [0.5, 0.6) is 0 Å². The average molecular weight is 1060 g/mol. The molecular weight excluding hydrogens is 963 g/mol. The first-order valence-corrected chi connectivity index (χ1v) is 28.2. The summed E-state index contributed by atoms with van der Waals surface area (Å²) in [5.41, 5.74) is 0. The lowest BCUT2D eigenvalue weighted by Gasteiger charge is -2.48. The SMILES string of the molecule is CCCCCCC/C=C/CC/C=C/C(O)C(COC1OC(CO)C(OC2OC(CO)C(OC3OC(CO)C(O)C(O)C3O)C(O)C2O)C(O)C1O)NC(=O)CCCCCCCCC/C=C\CCCCCCCCC. The van der Waals surface area contributed by atoms with E-state index in [-0.39, 0.29) is 18.9 Å². The number of rotatable bonds is 40. The number of hydrogen-bond acceptors (Lipinski definition) is 18. The van der Waals surface area contributed by atoms with Crippen molar-refractivity contribution in [2.45, 2.75) is 279 Å². The summed E-state index contributed by atoms with van der Waals surface area (Å²) in [7, 11) is 0. The lowest BCUT2D eigenvalue weighted by molar-refractivity contribution is -0.379. The highest BCUT2D eigenvalue weighted by Crippen LogP contribution is 2.33. The Morgan fingerprint density at radius 1 is 0.473 bits per heavy atom. The molecule has 0 aliphatic carbocycles. The van der Waals surface area contributed by atoms with Crippen molar-refractivity contribution in [1.29, 1.82) is 0 Å². The van der Waals surface area contributed by atoms with Gasteiger partial charge in [-0.2, -0.15) is 0 Å². The fourth-order valence-electron chi connectivity index (χ4n) is 9.43. The van der Waals surface area contributed by atoms with Crippen molar-refractivity contribution in [3.63, 3.8) is 0 Å². The largest absolute Gasteiger partial charge is 0.394 e. The summed E-state index contributed by atoms with van der Waals surface area (Å²) < 4.78 is 34.1. The van der Waals surface area contributed by atoms with Gasteiger partial charge in [-0.25, -0.2) is 0 Å². The molecular formula is C55H99NO18. The highest BCUT2D eigenvalue weighted by atomic mass is 16.8. The van der Waals surface area contributed by atoms with Crippen LogP contribution in [0.2, 0.25) is 0 Å². The Kier molecular flexibility index (Phi) is 35.3. The number of amides is 1. The first-order valence-electron chi connectivity index (χ1n) is 28.2. The standard InChI is InChI=1S/C55H99NO18/c1-3-5-7-9-11-13-15-16-17-18-19-20-21-23-25-27-29-31-33-43(61)56-38(39(60)32-30-28-26-24-22-14-12-10-8-6-4-2)37-69-53-49(67)46(64)51(41(35-58)71-53)74-55-50(68)47(65)52(42(36-59)72-55)73-54-48(66)45(63)44(62)40(34-57)70-54/h17-18,22,24,30,32,38-42,44-55,57-60,62-68H,3-16,19-21,23,25-29,31,33-37H2,1-2H3,(H,56,61)/b18-17-,24-22+,32-30+. The minimum atomic E-state index is -1.98. The Bertz CT molecular complexity index is 1500. The number of carbonyl (C=O) groups is 1. The summed E-state index contributed by atoms with van der Waals surface area (Å²) in [4.78, 5) is 13.3. The number of allylic oxidation sites excluding steroid dienone is 5. The molecule has 0 aromatic carbocycles. The van der Waals surface area contributed by atoms with Crippen LogP contribution in [-0.4, -0.2) is 193 Å². The Morgan fingerprint density at radius 2 is 0.865 bits per heavy atom. The van der Waals surface area contributed by atoms with Crippen LogP contribution < -0.4 is 5.32 Å². The second kappa shape index (κ2) is 39.4. The van der Waals surface area contributed by atoms with Gasteiger partial charge in [-0.3, -0.25) is 4.79 Å². The van der Waals surface area contributed by atoms with E-state index in [0.29, 0.717) is 12.8 Å². The van der Waals surface area contributed by atoms with Crippen molar-refractivity contribution < 1.29 is 89.4 Å². The molecule has 0 spiro atoms. The van der Waals surface area contributed by atoms with Gasteiger partial charge in [0.1, 0.15) is 73.2 Å². The molecule has 74 heavy (non-hydrogen) atoms. The van der Waals surface area contributed by atoms with Gasteiger partial charge in [0.15, 0.2) is 18.9 Å². The molecule has 12 N–H and O–H groups in total. The Hall–Kier alpha value is -1.99. The molecule has 17 atom stereocenters. The van der Waals surface area contributed by atoms with E-state index in [2.05, 4.69) is 43.5 Å². The third-order valence-electron chi connectivity index (χ3n) is 14.2. The fraction of sp³-hybridized carbons (Fsp3) is 0.873. The summed E-state index contributed by atoms with van der Waals surface area (Å²) in [6.45, 7) is 1.64. The van der Waals surface area contributed by atoms with Crippen LogP contribution in [-0.2, 0) is 33.2 Å². The van der Waals surface area contributed by atoms with Gasteiger partial charge in [-0.1, -0.05) is 147 Å². The Labute approximate surface area is 440 Å². The quantitative estimate of drug-likeness (QED) is 0.0307. The van der Waals surface area contributed by atoms with E-state index in [1.807, 2.05) is 6.08 Å². The van der Waals surface area contributed by atoms with Gasteiger partial charge in [0.2, 0.25) is 5.91 Å². The predicted octanol–water partition coefficient (Wildman–Crippen LogP) is 3.76. The van der Waals surface area contributed by atoms with E-state index in [9.17, 15) is 61.0 Å². The Balaban J connectivity index is 1.52. The molecule has 17 unspecified atom stereocenters. The zero-order valence-electron chi connectivity index (χ0n) is 44.6. The highest BCUT2D eigenvalue weighted by molar-refractivity contribution is 5.76. The molecule has 3 rings (SSSR count). The lowest BCUT2D eigenvalue weighted by Crippen LogP contribution is -2.66. The number of hydrogen-bond donors (Lipinski definition) is 12. The minimum absolute atomic E-state index is 0.230. The van der Waals surface area contributed by atoms with Gasteiger partial charge < -0.3 is 89.9 Å². The number of carbonyl (C=O) groups excluding carboxylic acids is 1. The maximum Gasteiger partial charge on any atom is 0.220 e. The first kappa shape index (κ1) is 66.3. The molecule has 3 saturated heterocycles. The van der Waals surface area contributed by atoms with Crippen molar-refractivity contribution in [2.24, 2.45) is 0 Å². The van der Waals surface area contributed by atoms with Crippen LogP contribution >= 0.6 is 0 Å². The van der Waals surface area contributed by atoms with Gasteiger partial charge >= 0.3 is 0 Å². The van der Waals surface area contributed by atoms with E-state index in [4.69, 9.17) is 28.4 Å². The highest BCUT2D eigenvalue weighted by Gasteiger charge is 2.53. The van der Waals surface area contributed by atoms with Crippen molar-refractivity contribution in [2.75, 3.05) is 26.4 Å². The van der Waals surface area contributed by atoms with Crippen molar-refractivity contribution in [3.8, 4) is 0 Å². The maximum absolute atomic E-state index is 13.3. The normalized spacial score (nSPS) is 31.7. The zero-order valence-corrected chi connectivity index (χ0v) is 44.6.